The highest BCUT2D eigenvalue weighted by molar-refractivity contribution is 6.29. The summed E-state index contributed by atoms with van der Waals surface area (Å²) in [5.41, 5.74) is 1.45. The van der Waals surface area contributed by atoms with Crippen molar-refractivity contribution in [2.45, 2.75) is 74.8 Å². The van der Waals surface area contributed by atoms with Crippen molar-refractivity contribution in [2.24, 2.45) is 0 Å². The molecule has 7 rings (SSSR count). The monoisotopic (exact) mass is 680 g/mol. The van der Waals surface area contributed by atoms with E-state index >= 15 is 0 Å². The lowest BCUT2D eigenvalue weighted by Crippen LogP contribution is -2.52. The van der Waals surface area contributed by atoms with Gasteiger partial charge in [-0.05, 0) is 43.9 Å². The van der Waals surface area contributed by atoms with Gasteiger partial charge in [-0.15, -0.1) is 5.10 Å². The number of ether oxygens (including phenoxy) is 4. The molecule has 4 aliphatic rings. The number of benzene rings is 1. The van der Waals surface area contributed by atoms with Crippen LogP contribution in [0.4, 0.5) is 11.4 Å². The van der Waals surface area contributed by atoms with Crippen LogP contribution in [0.1, 0.15) is 51.4 Å². The summed E-state index contributed by atoms with van der Waals surface area (Å²) in [7, 11) is 2.83. The molecule has 2 saturated heterocycles. The van der Waals surface area contributed by atoms with E-state index in [0.29, 0.717) is 68.3 Å². The van der Waals surface area contributed by atoms with Gasteiger partial charge in [0, 0.05) is 63.5 Å². The second-order valence-corrected chi connectivity index (χ2v) is 13.0. The second-order valence-electron chi connectivity index (χ2n) is 12.6. The number of rotatable bonds is 9. The maximum atomic E-state index is 12.4. The number of hydrogen-bond acceptors (Lipinski definition) is 13. The van der Waals surface area contributed by atoms with Crippen LogP contribution in [0.3, 0.4) is 0 Å². The van der Waals surface area contributed by atoms with Crippen LogP contribution >= 0.6 is 11.6 Å². The van der Waals surface area contributed by atoms with Crippen LogP contribution in [0.15, 0.2) is 48.8 Å². The van der Waals surface area contributed by atoms with Crippen molar-refractivity contribution in [1.82, 2.24) is 20.4 Å². The van der Waals surface area contributed by atoms with Crippen LogP contribution in [-0.4, -0.2) is 101 Å². The third kappa shape index (κ3) is 7.79. The number of anilines is 2. The number of esters is 2. The van der Waals surface area contributed by atoms with E-state index in [1.807, 2.05) is 18.2 Å². The number of carbonyl (C=O) groups excluding carboxylic acids is 2. The summed E-state index contributed by atoms with van der Waals surface area (Å²) in [6.45, 7) is 2.72. The molecule has 14 heteroatoms. The van der Waals surface area contributed by atoms with E-state index in [1.165, 1.54) is 14.2 Å². The molecule has 0 atom stereocenters. The van der Waals surface area contributed by atoms with Gasteiger partial charge in [0.1, 0.15) is 5.75 Å². The van der Waals surface area contributed by atoms with Gasteiger partial charge >= 0.3 is 11.9 Å². The first-order valence-electron chi connectivity index (χ1n) is 16.4. The summed E-state index contributed by atoms with van der Waals surface area (Å²) in [4.78, 5) is 28.8. The number of aromatic nitrogens is 4. The SMILES string of the molecule is COC(=O)C1(OC2CC2)CCN(c2cnnc(-c3ccccc3O)c2)CC1.COC(=O)C1(OC2CC2)CCN(c2cnnc(Cl)c2)CC1. The van der Waals surface area contributed by atoms with Gasteiger partial charge in [-0.2, -0.15) is 15.3 Å². The highest BCUT2D eigenvalue weighted by atomic mass is 35.5. The van der Waals surface area contributed by atoms with Crippen molar-refractivity contribution < 1.29 is 33.6 Å². The molecule has 0 radical (unpaired) electrons. The molecule has 0 bridgehead atoms. The number of methoxy groups -OCH3 is 2. The topological polar surface area (TPSA) is 149 Å². The van der Waals surface area contributed by atoms with E-state index < -0.39 is 11.2 Å². The van der Waals surface area contributed by atoms with Gasteiger partial charge in [0.2, 0.25) is 0 Å². The molecule has 4 heterocycles. The molecule has 256 valence electrons. The normalized spacial score (nSPS) is 19.9. The van der Waals surface area contributed by atoms with E-state index in [4.69, 9.17) is 30.5 Å². The maximum absolute atomic E-state index is 12.4. The molecule has 4 fully saturated rings. The predicted molar refractivity (Wildman–Crippen MR) is 177 cm³/mol. The zero-order valence-corrected chi connectivity index (χ0v) is 28.0. The molecular weight excluding hydrogens is 640 g/mol. The summed E-state index contributed by atoms with van der Waals surface area (Å²) in [5, 5.41) is 26.3. The largest absolute Gasteiger partial charge is 0.507 e. The van der Waals surface area contributed by atoms with Crippen molar-refractivity contribution in [3.8, 4) is 17.0 Å². The molecule has 1 aromatic carbocycles. The number of halogens is 1. The number of piperidine rings is 2. The minimum absolute atomic E-state index is 0.171. The Bertz CT molecular complexity index is 1590. The van der Waals surface area contributed by atoms with Crippen LogP contribution in [-0.2, 0) is 28.5 Å². The van der Waals surface area contributed by atoms with E-state index in [2.05, 4.69) is 30.2 Å². The smallest absolute Gasteiger partial charge is 0.338 e. The summed E-state index contributed by atoms with van der Waals surface area (Å²) in [6, 6.07) is 10.8. The minimum atomic E-state index is -0.840. The Hall–Kier alpha value is -4.07. The summed E-state index contributed by atoms with van der Waals surface area (Å²) in [6.07, 6.45) is 10.2. The number of para-hydroxylation sites is 1. The van der Waals surface area contributed by atoms with Crippen LogP contribution in [0.2, 0.25) is 5.15 Å². The van der Waals surface area contributed by atoms with Gasteiger partial charge in [0.15, 0.2) is 16.4 Å². The Morgan fingerprint density at radius 2 is 1.25 bits per heavy atom. The molecule has 2 aromatic heterocycles. The van der Waals surface area contributed by atoms with Crippen LogP contribution in [0.25, 0.3) is 11.3 Å². The fraction of sp³-hybridized carbons (Fsp3) is 0.529. The molecule has 3 aromatic rings. The lowest BCUT2D eigenvalue weighted by molar-refractivity contribution is -0.175. The molecular formula is C34H41ClN6O7. The summed E-state index contributed by atoms with van der Waals surface area (Å²) >= 11 is 5.87. The van der Waals surface area contributed by atoms with E-state index in [9.17, 15) is 14.7 Å². The van der Waals surface area contributed by atoms with Crippen LogP contribution < -0.4 is 9.80 Å². The molecule has 0 unspecified atom stereocenters. The number of aromatic hydroxyl groups is 1. The first kappa shape index (κ1) is 33.8. The Morgan fingerprint density at radius 1 is 0.771 bits per heavy atom. The molecule has 0 spiro atoms. The first-order valence-corrected chi connectivity index (χ1v) is 16.7. The Labute approximate surface area is 284 Å². The maximum Gasteiger partial charge on any atom is 0.338 e. The quantitative estimate of drug-likeness (QED) is 0.319. The van der Waals surface area contributed by atoms with Gasteiger partial charge in [0.05, 0.1) is 55.9 Å². The minimum Gasteiger partial charge on any atom is -0.507 e. The Kier molecular flexibility index (Phi) is 10.3. The summed E-state index contributed by atoms with van der Waals surface area (Å²) < 4.78 is 22.0. The lowest BCUT2D eigenvalue weighted by Gasteiger charge is -2.40. The Balaban J connectivity index is 0.000000173. The van der Waals surface area contributed by atoms with Crippen molar-refractivity contribution in [2.75, 3.05) is 50.2 Å². The van der Waals surface area contributed by atoms with Crippen molar-refractivity contribution >= 4 is 34.9 Å². The molecule has 48 heavy (non-hydrogen) atoms. The zero-order chi connectivity index (χ0) is 33.7. The van der Waals surface area contributed by atoms with Crippen molar-refractivity contribution in [3.63, 3.8) is 0 Å². The predicted octanol–water partition coefficient (Wildman–Crippen LogP) is 4.36. The second kappa shape index (κ2) is 14.6. The fourth-order valence-corrected chi connectivity index (χ4v) is 6.39. The Morgan fingerprint density at radius 3 is 1.71 bits per heavy atom. The molecule has 2 saturated carbocycles. The average Bonchev–Trinajstić information content (AvgIpc) is 4.07. The van der Waals surface area contributed by atoms with Crippen molar-refractivity contribution in [1.29, 1.82) is 0 Å². The van der Waals surface area contributed by atoms with Gasteiger partial charge in [0.25, 0.3) is 0 Å². The van der Waals surface area contributed by atoms with Gasteiger partial charge < -0.3 is 33.9 Å². The van der Waals surface area contributed by atoms with Gasteiger partial charge in [-0.3, -0.25) is 0 Å². The molecule has 2 aliphatic carbocycles. The fourth-order valence-electron chi connectivity index (χ4n) is 6.23. The third-order valence-corrected chi connectivity index (χ3v) is 9.44. The van der Waals surface area contributed by atoms with Gasteiger partial charge in [-0.1, -0.05) is 23.7 Å². The molecule has 1 N–H and O–H groups in total. The molecule has 13 nitrogen and oxygen atoms in total. The third-order valence-electron chi connectivity index (χ3n) is 9.25. The number of carbonyl (C=O) groups is 2. The molecule has 2 aliphatic heterocycles. The zero-order valence-electron chi connectivity index (χ0n) is 27.2. The van der Waals surface area contributed by atoms with Gasteiger partial charge in [-0.25, -0.2) is 9.59 Å². The number of phenols is 1. The van der Waals surface area contributed by atoms with Crippen molar-refractivity contribution in [3.05, 3.63) is 53.9 Å². The number of phenolic OH excluding ortho intramolecular Hbond substituents is 1. The molecule has 0 amide bonds. The van der Waals surface area contributed by atoms with E-state index in [-0.39, 0.29) is 29.9 Å². The number of nitrogens with zero attached hydrogens (tertiary/aromatic N) is 6. The first-order chi connectivity index (χ1) is 23.2. The van der Waals surface area contributed by atoms with E-state index in [1.54, 1.807) is 30.6 Å². The lowest BCUT2D eigenvalue weighted by atomic mass is 9.90. The van der Waals surface area contributed by atoms with E-state index in [0.717, 1.165) is 37.1 Å². The van der Waals surface area contributed by atoms with Crippen LogP contribution in [0, 0.1) is 0 Å². The summed E-state index contributed by atoms with van der Waals surface area (Å²) in [5.74, 6) is -0.373. The highest BCUT2D eigenvalue weighted by Gasteiger charge is 2.48. The number of hydrogen-bond donors (Lipinski definition) is 1. The average molecular weight is 681 g/mol. The highest BCUT2D eigenvalue weighted by Crippen LogP contribution is 2.39. The van der Waals surface area contributed by atoms with Crippen LogP contribution in [0.5, 0.6) is 5.75 Å². The standard InChI is InChI=1S/C20H23N3O4.C14H18ClN3O3/c1-26-19(25)20(27-15-6-7-15)8-10-23(11-9-20)14-12-17(22-21-13-14)16-4-2-3-5-18(16)24;1-20-13(19)14(21-11-2-3-11)4-6-18(7-5-14)10-8-12(15)17-16-9-10/h2-5,12-13,15,24H,6-11H2,1H3;8-9,11H,2-7H2,1H3.